The largest absolute Gasteiger partial charge is 0.507 e. The Kier molecular flexibility index (Phi) is 3.99. The number of carbonyl (C=O) groups excluding carboxylic acids is 2. The number of aryl methyl sites for hydroxylation is 1. The number of aromatic hydroxyl groups is 1. The number of phenolic OH excluding ortho intramolecular Hbond substituents is 1. The molecule has 0 aliphatic heterocycles. The molecule has 0 bridgehead atoms. The van der Waals surface area contributed by atoms with E-state index in [9.17, 15) is 14.7 Å². The van der Waals surface area contributed by atoms with E-state index in [1.54, 1.807) is 12.1 Å². The van der Waals surface area contributed by atoms with Gasteiger partial charge in [-0.3, -0.25) is 20.4 Å². The Hall–Kier alpha value is -2.86. The lowest BCUT2D eigenvalue weighted by molar-refractivity contribution is 0.0847. The number of hydrogen-bond donors (Lipinski definition) is 3. The Morgan fingerprint density at radius 1 is 0.957 bits per heavy atom. The zero-order valence-corrected chi connectivity index (χ0v) is 13.1. The molecule has 0 fully saturated rings. The average molecular weight is 326 g/mol. The third-order valence-corrected chi connectivity index (χ3v) is 4.76. The van der Waals surface area contributed by atoms with Gasteiger partial charge in [0.2, 0.25) is 0 Å². The zero-order valence-electron chi connectivity index (χ0n) is 12.3. The van der Waals surface area contributed by atoms with Crippen molar-refractivity contribution < 1.29 is 14.7 Å². The molecule has 0 saturated carbocycles. The van der Waals surface area contributed by atoms with Gasteiger partial charge in [0.05, 0.1) is 10.4 Å². The van der Waals surface area contributed by atoms with Crippen LogP contribution in [0.15, 0.2) is 48.5 Å². The van der Waals surface area contributed by atoms with E-state index in [1.165, 1.54) is 23.5 Å². The Balaban J connectivity index is 1.75. The third-order valence-electron chi connectivity index (χ3n) is 3.49. The summed E-state index contributed by atoms with van der Waals surface area (Å²) in [6.07, 6.45) is 0. The number of hydrogen-bond acceptors (Lipinski definition) is 4. The summed E-state index contributed by atoms with van der Waals surface area (Å²) < 4.78 is 1.02. The standard InChI is InChI=1S/C17H14N2O3S/c1-10-11-6-3-5-9-14(11)23-15(10)17(22)19-18-16(21)12-7-2-4-8-13(12)20/h2-9,20H,1H3,(H,18,21)(H,19,22). The molecule has 116 valence electrons. The highest BCUT2D eigenvalue weighted by Gasteiger charge is 2.17. The molecule has 23 heavy (non-hydrogen) atoms. The number of amides is 2. The highest BCUT2D eigenvalue weighted by molar-refractivity contribution is 7.21. The van der Waals surface area contributed by atoms with Crippen molar-refractivity contribution in [2.45, 2.75) is 6.92 Å². The van der Waals surface area contributed by atoms with Crippen molar-refractivity contribution >= 4 is 33.2 Å². The fourth-order valence-electron chi connectivity index (χ4n) is 2.29. The van der Waals surface area contributed by atoms with E-state index in [0.29, 0.717) is 4.88 Å². The summed E-state index contributed by atoms with van der Waals surface area (Å²) in [6.45, 7) is 1.87. The summed E-state index contributed by atoms with van der Waals surface area (Å²) in [6, 6.07) is 13.9. The second-order valence-corrected chi connectivity index (χ2v) is 6.03. The lowest BCUT2D eigenvalue weighted by Crippen LogP contribution is -2.41. The Labute approximate surface area is 136 Å². The van der Waals surface area contributed by atoms with Crippen LogP contribution in [0.2, 0.25) is 0 Å². The molecule has 2 amide bonds. The molecule has 3 aromatic rings. The summed E-state index contributed by atoms with van der Waals surface area (Å²) in [4.78, 5) is 24.8. The number of rotatable bonds is 2. The maximum absolute atomic E-state index is 12.3. The van der Waals surface area contributed by atoms with E-state index in [1.807, 2.05) is 31.2 Å². The van der Waals surface area contributed by atoms with Crippen molar-refractivity contribution in [3.05, 3.63) is 64.5 Å². The van der Waals surface area contributed by atoms with Gasteiger partial charge < -0.3 is 5.11 Å². The number of thiophene rings is 1. The number of carbonyl (C=O) groups is 2. The molecule has 0 unspecified atom stereocenters. The van der Waals surface area contributed by atoms with Crippen LogP contribution in [0.1, 0.15) is 25.6 Å². The summed E-state index contributed by atoms with van der Waals surface area (Å²) in [7, 11) is 0. The van der Waals surface area contributed by atoms with Crippen LogP contribution in [0.25, 0.3) is 10.1 Å². The predicted molar refractivity (Wildman–Crippen MR) is 89.6 cm³/mol. The zero-order chi connectivity index (χ0) is 16.4. The molecule has 5 nitrogen and oxygen atoms in total. The minimum absolute atomic E-state index is 0.0980. The minimum Gasteiger partial charge on any atom is -0.507 e. The Bertz CT molecular complexity index is 902. The van der Waals surface area contributed by atoms with E-state index in [4.69, 9.17) is 0 Å². The molecule has 1 heterocycles. The molecule has 1 aromatic heterocycles. The number of nitrogens with one attached hydrogen (secondary N) is 2. The fraction of sp³-hybridized carbons (Fsp3) is 0.0588. The highest BCUT2D eigenvalue weighted by atomic mass is 32.1. The maximum Gasteiger partial charge on any atom is 0.280 e. The number of para-hydroxylation sites is 1. The second kappa shape index (κ2) is 6.10. The molecule has 2 aromatic carbocycles. The van der Waals surface area contributed by atoms with E-state index < -0.39 is 5.91 Å². The van der Waals surface area contributed by atoms with E-state index >= 15 is 0 Å². The van der Waals surface area contributed by atoms with Gasteiger partial charge in [0.25, 0.3) is 11.8 Å². The van der Waals surface area contributed by atoms with Gasteiger partial charge in [0, 0.05) is 4.70 Å². The molecule has 0 aliphatic rings. The predicted octanol–water partition coefficient (Wildman–Crippen LogP) is 2.99. The van der Waals surface area contributed by atoms with Crippen LogP contribution in [0.5, 0.6) is 5.75 Å². The average Bonchev–Trinajstić information content (AvgIpc) is 2.90. The smallest absolute Gasteiger partial charge is 0.280 e. The van der Waals surface area contributed by atoms with Gasteiger partial charge >= 0.3 is 0 Å². The van der Waals surface area contributed by atoms with Crippen molar-refractivity contribution in [2.24, 2.45) is 0 Å². The van der Waals surface area contributed by atoms with Gasteiger partial charge in [-0.05, 0) is 36.1 Å². The minimum atomic E-state index is -0.574. The molecule has 0 radical (unpaired) electrons. The molecular formula is C17H14N2O3S. The van der Waals surface area contributed by atoms with Crippen LogP contribution in [-0.2, 0) is 0 Å². The number of fused-ring (bicyclic) bond motifs is 1. The second-order valence-electron chi connectivity index (χ2n) is 4.98. The Morgan fingerprint density at radius 2 is 1.61 bits per heavy atom. The molecule has 0 spiro atoms. The molecule has 0 saturated heterocycles. The SMILES string of the molecule is Cc1c(C(=O)NNC(=O)c2ccccc2O)sc2ccccc12. The van der Waals surface area contributed by atoms with Crippen LogP contribution in [0.4, 0.5) is 0 Å². The first-order valence-electron chi connectivity index (χ1n) is 6.94. The lowest BCUT2D eigenvalue weighted by Gasteiger charge is -2.08. The van der Waals surface area contributed by atoms with E-state index in [0.717, 1.165) is 15.6 Å². The first kappa shape index (κ1) is 15.1. The Morgan fingerprint density at radius 3 is 2.35 bits per heavy atom. The van der Waals surface area contributed by atoms with Crippen molar-refractivity contribution in [3.63, 3.8) is 0 Å². The first-order valence-corrected chi connectivity index (χ1v) is 7.76. The van der Waals surface area contributed by atoms with Crippen molar-refractivity contribution in [2.75, 3.05) is 0 Å². The third kappa shape index (κ3) is 2.89. The summed E-state index contributed by atoms with van der Waals surface area (Å²) >= 11 is 1.37. The highest BCUT2D eigenvalue weighted by Crippen LogP contribution is 2.30. The number of hydrazine groups is 1. The van der Waals surface area contributed by atoms with Crippen LogP contribution in [-0.4, -0.2) is 16.9 Å². The summed E-state index contributed by atoms with van der Waals surface area (Å²) in [5.74, 6) is -1.10. The van der Waals surface area contributed by atoms with Crippen molar-refractivity contribution in [1.82, 2.24) is 10.9 Å². The monoisotopic (exact) mass is 326 g/mol. The van der Waals surface area contributed by atoms with Gasteiger partial charge in [-0.25, -0.2) is 0 Å². The van der Waals surface area contributed by atoms with Gasteiger partial charge in [-0.1, -0.05) is 30.3 Å². The quantitative estimate of drug-likeness (QED) is 0.634. The molecule has 3 rings (SSSR count). The van der Waals surface area contributed by atoms with E-state index in [2.05, 4.69) is 10.9 Å². The van der Waals surface area contributed by atoms with E-state index in [-0.39, 0.29) is 17.2 Å². The molecular weight excluding hydrogens is 312 g/mol. The molecule has 6 heteroatoms. The lowest BCUT2D eigenvalue weighted by atomic mass is 10.1. The summed E-state index contributed by atoms with van der Waals surface area (Å²) in [5.41, 5.74) is 5.68. The molecule has 0 atom stereocenters. The number of benzene rings is 2. The first-order chi connectivity index (χ1) is 11.1. The van der Waals surface area contributed by atoms with Gasteiger partial charge in [-0.2, -0.15) is 0 Å². The molecule has 3 N–H and O–H groups in total. The fourth-order valence-corrected chi connectivity index (χ4v) is 3.40. The van der Waals surface area contributed by atoms with Crippen LogP contribution in [0.3, 0.4) is 0 Å². The van der Waals surface area contributed by atoms with Crippen LogP contribution < -0.4 is 10.9 Å². The van der Waals surface area contributed by atoms with Crippen LogP contribution in [0, 0.1) is 6.92 Å². The van der Waals surface area contributed by atoms with Crippen molar-refractivity contribution in [3.8, 4) is 5.75 Å². The topological polar surface area (TPSA) is 78.4 Å². The number of phenols is 1. The van der Waals surface area contributed by atoms with Gasteiger partial charge in [0.15, 0.2) is 0 Å². The maximum atomic E-state index is 12.3. The van der Waals surface area contributed by atoms with Crippen molar-refractivity contribution in [1.29, 1.82) is 0 Å². The van der Waals surface area contributed by atoms with Gasteiger partial charge in [-0.15, -0.1) is 11.3 Å². The normalized spacial score (nSPS) is 10.5. The summed E-state index contributed by atoms with van der Waals surface area (Å²) in [5, 5.41) is 10.7. The van der Waals surface area contributed by atoms with Crippen LogP contribution >= 0.6 is 11.3 Å². The van der Waals surface area contributed by atoms with Gasteiger partial charge in [0.1, 0.15) is 5.75 Å². The molecule has 0 aliphatic carbocycles.